The second-order valence-electron chi connectivity index (χ2n) is 7.42. The summed E-state index contributed by atoms with van der Waals surface area (Å²) < 4.78 is 10.9. The molecule has 2 heterocycles. The maximum absolute atomic E-state index is 13.8. The van der Waals surface area contributed by atoms with Crippen molar-refractivity contribution >= 4 is 23.2 Å². The van der Waals surface area contributed by atoms with Crippen LogP contribution in [-0.2, 0) is 4.79 Å². The van der Waals surface area contributed by atoms with Gasteiger partial charge in [-0.3, -0.25) is 9.59 Å². The molecule has 2 aromatic rings. The Balaban J connectivity index is 2.19. The SMILES string of the molecule is CCCCN(CC)C(=O)[C@H]1c2cc(OC)c(OC)cc2C(=O)N(C)[C@@H]1c1cccs1. The fourth-order valence-corrected chi connectivity index (χ4v) is 5.00. The molecule has 162 valence electrons. The van der Waals surface area contributed by atoms with Crippen LogP contribution in [0.3, 0.4) is 0 Å². The number of carbonyl (C=O) groups excluding carboxylic acids is 2. The molecule has 30 heavy (non-hydrogen) atoms. The molecule has 0 radical (unpaired) electrons. The lowest BCUT2D eigenvalue weighted by Crippen LogP contribution is -2.47. The van der Waals surface area contributed by atoms with Crippen LogP contribution < -0.4 is 9.47 Å². The summed E-state index contributed by atoms with van der Waals surface area (Å²) in [6.45, 7) is 5.46. The van der Waals surface area contributed by atoms with Crippen LogP contribution in [0.2, 0.25) is 0 Å². The molecule has 1 aromatic heterocycles. The molecule has 0 saturated heterocycles. The Bertz CT molecular complexity index is 897. The molecule has 7 heteroatoms. The van der Waals surface area contributed by atoms with Crippen LogP contribution in [-0.4, -0.2) is 56.0 Å². The van der Waals surface area contributed by atoms with Gasteiger partial charge in [-0.1, -0.05) is 19.4 Å². The predicted molar refractivity (Wildman–Crippen MR) is 119 cm³/mol. The minimum absolute atomic E-state index is 0.0390. The van der Waals surface area contributed by atoms with Crippen molar-refractivity contribution in [3.05, 3.63) is 45.6 Å². The van der Waals surface area contributed by atoms with Crippen molar-refractivity contribution in [2.75, 3.05) is 34.4 Å². The molecule has 1 aromatic carbocycles. The van der Waals surface area contributed by atoms with Gasteiger partial charge in [0.05, 0.1) is 26.2 Å². The summed E-state index contributed by atoms with van der Waals surface area (Å²) in [5, 5.41) is 1.98. The summed E-state index contributed by atoms with van der Waals surface area (Å²) >= 11 is 1.57. The van der Waals surface area contributed by atoms with Crippen LogP contribution >= 0.6 is 11.3 Å². The third-order valence-electron chi connectivity index (χ3n) is 5.75. The number of methoxy groups -OCH3 is 2. The average molecular weight is 431 g/mol. The molecule has 2 amide bonds. The Labute approximate surface area is 182 Å². The average Bonchev–Trinajstić information content (AvgIpc) is 3.29. The van der Waals surface area contributed by atoms with Crippen LogP contribution in [0.15, 0.2) is 29.6 Å². The van der Waals surface area contributed by atoms with E-state index in [0.29, 0.717) is 35.7 Å². The van der Waals surface area contributed by atoms with E-state index >= 15 is 0 Å². The second kappa shape index (κ2) is 9.51. The molecule has 0 fully saturated rings. The molecule has 6 nitrogen and oxygen atoms in total. The van der Waals surface area contributed by atoms with Crippen LogP contribution in [0.5, 0.6) is 11.5 Å². The molecule has 0 bridgehead atoms. The number of unbranched alkanes of at least 4 members (excludes halogenated alkanes) is 1. The molecular formula is C23H30N2O4S. The minimum Gasteiger partial charge on any atom is -0.493 e. The molecule has 0 aliphatic carbocycles. The highest BCUT2D eigenvalue weighted by molar-refractivity contribution is 7.10. The van der Waals surface area contributed by atoms with E-state index < -0.39 is 5.92 Å². The number of amides is 2. The Morgan fingerprint density at radius 1 is 1.20 bits per heavy atom. The number of nitrogens with zero attached hydrogens (tertiary/aromatic N) is 2. The van der Waals surface area contributed by atoms with E-state index in [1.165, 1.54) is 0 Å². The normalized spacial score (nSPS) is 18.2. The summed E-state index contributed by atoms with van der Waals surface area (Å²) in [5.41, 5.74) is 1.20. The minimum atomic E-state index is -0.502. The predicted octanol–water partition coefficient (Wildman–Crippen LogP) is 4.32. The fourth-order valence-electron chi connectivity index (χ4n) is 4.10. The van der Waals surface area contributed by atoms with Crippen molar-refractivity contribution in [1.82, 2.24) is 9.80 Å². The Morgan fingerprint density at radius 3 is 2.47 bits per heavy atom. The van der Waals surface area contributed by atoms with E-state index in [0.717, 1.165) is 17.7 Å². The third-order valence-corrected chi connectivity index (χ3v) is 6.69. The molecule has 1 aliphatic heterocycles. The lowest BCUT2D eigenvalue weighted by molar-refractivity contribution is -0.134. The van der Waals surface area contributed by atoms with Crippen molar-refractivity contribution in [3.63, 3.8) is 0 Å². The van der Waals surface area contributed by atoms with Crippen LogP contribution in [0, 0.1) is 0 Å². The van der Waals surface area contributed by atoms with Gasteiger partial charge in [-0.05, 0) is 42.5 Å². The number of hydrogen-bond donors (Lipinski definition) is 0. The van der Waals surface area contributed by atoms with E-state index in [1.54, 1.807) is 49.6 Å². The van der Waals surface area contributed by atoms with Crippen molar-refractivity contribution in [1.29, 1.82) is 0 Å². The first kappa shape index (κ1) is 22.2. The first-order chi connectivity index (χ1) is 14.5. The highest BCUT2D eigenvalue weighted by Crippen LogP contribution is 2.47. The Morgan fingerprint density at radius 2 is 1.90 bits per heavy atom. The first-order valence-corrected chi connectivity index (χ1v) is 11.2. The Kier molecular flexibility index (Phi) is 7.02. The van der Waals surface area contributed by atoms with Gasteiger partial charge < -0.3 is 19.3 Å². The van der Waals surface area contributed by atoms with Gasteiger partial charge in [-0.25, -0.2) is 0 Å². The van der Waals surface area contributed by atoms with E-state index in [2.05, 4.69) is 6.92 Å². The number of fused-ring (bicyclic) bond motifs is 1. The number of hydrogen-bond acceptors (Lipinski definition) is 5. The smallest absolute Gasteiger partial charge is 0.254 e. The molecular weight excluding hydrogens is 400 g/mol. The molecule has 0 saturated carbocycles. The zero-order chi connectivity index (χ0) is 21.8. The van der Waals surface area contributed by atoms with Gasteiger partial charge in [-0.2, -0.15) is 0 Å². The van der Waals surface area contributed by atoms with Gasteiger partial charge in [0.15, 0.2) is 11.5 Å². The van der Waals surface area contributed by atoms with E-state index in [4.69, 9.17) is 9.47 Å². The third kappa shape index (κ3) is 3.90. The zero-order valence-corrected chi connectivity index (χ0v) is 19.1. The quantitative estimate of drug-likeness (QED) is 0.626. The molecule has 0 unspecified atom stereocenters. The molecule has 0 N–H and O–H groups in total. The number of benzene rings is 1. The largest absolute Gasteiger partial charge is 0.493 e. The maximum atomic E-state index is 13.8. The Hall–Kier alpha value is -2.54. The lowest BCUT2D eigenvalue weighted by atomic mass is 9.81. The highest BCUT2D eigenvalue weighted by atomic mass is 32.1. The number of thiophene rings is 1. The number of rotatable bonds is 8. The van der Waals surface area contributed by atoms with Crippen molar-refractivity contribution in [2.24, 2.45) is 0 Å². The van der Waals surface area contributed by atoms with Crippen molar-refractivity contribution in [2.45, 2.75) is 38.6 Å². The monoisotopic (exact) mass is 430 g/mol. The zero-order valence-electron chi connectivity index (χ0n) is 18.3. The molecule has 1 aliphatic rings. The maximum Gasteiger partial charge on any atom is 0.254 e. The molecule has 0 spiro atoms. The summed E-state index contributed by atoms with van der Waals surface area (Å²) in [7, 11) is 4.88. The van der Waals surface area contributed by atoms with Crippen LogP contribution in [0.4, 0.5) is 0 Å². The van der Waals surface area contributed by atoms with E-state index in [-0.39, 0.29) is 17.9 Å². The van der Waals surface area contributed by atoms with E-state index in [1.807, 2.05) is 29.3 Å². The van der Waals surface area contributed by atoms with Gasteiger partial charge in [0.25, 0.3) is 5.91 Å². The van der Waals surface area contributed by atoms with Crippen molar-refractivity contribution in [3.8, 4) is 11.5 Å². The van der Waals surface area contributed by atoms with Gasteiger partial charge in [0.2, 0.25) is 5.91 Å². The number of carbonyl (C=O) groups is 2. The molecule has 3 rings (SSSR count). The first-order valence-electron chi connectivity index (χ1n) is 10.3. The van der Waals surface area contributed by atoms with Crippen LogP contribution in [0.1, 0.15) is 59.4 Å². The lowest BCUT2D eigenvalue weighted by Gasteiger charge is -2.41. The summed E-state index contributed by atoms with van der Waals surface area (Å²) in [4.78, 5) is 31.7. The van der Waals surface area contributed by atoms with Gasteiger partial charge in [-0.15, -0.1) is 11.3 Å². The number of likely N-dealkylation sites (N-methyl/N-ethyl adjacent to an activating group) is 2. The summed E-state index contributed by atoms with van der Waals surface area (Å²) in [6, 6.07) is 7.09. The van der Waals surface area contributed by atoms with Crippen molar-refractivity contribution < 1.29 is 19.1 Å². The second-order valence-corrected chi connectivity index (χ2v) is 8.40. The molecule has 2 atom stereocenters. The fraction of sp³-hybridized carbons (Fsp3) is 0.478. The highest BCUT2D eigenvalue weighted by Gasteiger charge is 2.45. The van der Waals surface area contributed by atoms with Gasteiger partial charge in [0.1, 0.15) is 0 Å². The van der Waals surface area contributed by atoms with E-state index in [9.17, 15) is 9.59 Å². The standard InChI is InChI=1S/C23H30N2O4S/c1-6-8-11-25(7-2)23(27)20-15-13-17(28-4)18(29-5)14-16(15)22(26)24(3)21(20)19-10-9-12-30-19/h9-10,12-14,20-21H,6-8,11H2,1-5H3/t20-,21+/m0/s1. The van der Waals surface area contributed by atoms with Gasteiger partial charge >= 0.3 is 0 Å². The topological polar surface area (TPSA) is 59.1 Å². The van der Waals surface area contributed by atoms with Gasteiger partial charge in [0, 0.05) is 30.6 Å². The summed E-state index contributed by atoms with van der Waals surface area (Å²) in [5.74, 6) is 0.421. The number of ether oxygens (including phenoxy) is 2. The summed E-state index contributed by atoms with van der Waals surface area (Å²) in [6.07, 6.45) is 1.96. The van der Waals surface area contributed by atoms with Crippen LogP contribution in [0.25, 0.3) is 0 Å².